The summed E-state index contributed by atoms with van der Waals surface area (Å²) >= 11 is 0. The highest BCUT2D eigenvalue weighted by molar-refractivity contribution is 5.75. The first-order valence-corrected chi connectivity index (χ1v) is 7.90. The third-order valence-corrected chi connectivity index (χ3v) is 4.75. The second kappa shape index (κ2) is 6.34. The number of fused-ring (bicyclic) bond motifs is 2. The number of carbonyl (C=O) groups is 1. The number of hydrogen-bond acceptors (Lipinski definition) is 2. The van der Waals surface area contributed by atoms with Gasteiger partial charge in [-0.25, -0.2) is 18.0 Å². The molecule has 0 N–H and O–H groups in total. The van der Waals surface area contributed by atoms with E-state index in [1.807, 2.05) is 0 Å². The molecular formula is C16H17F5N2O2. The molecule has 2 aliphatic heterocycles. The minimum absolute atomic E-state index is 0.165. The summed E-state index contributed by atoms with van der Waals surface area (Å²) in [5.41, 5.74) is 0. The molecule has 2 saturated heterocycles. The number of rotatable bonds is 2. The largest absolute Gasteiger partial charge is 0.484 e. The van der Waals surface area contributed by atoms with Gasteiger partial charge in [0.1, 0.15) is 6.10 Å². The highest BCUT2D eigenvalue weighted by Gasteiger charge is 2.45. The Morgan fingerprint density at radius 1 is 0.920 bits per heavy atom. The Labute approximate surface area is 141 Å². The summed E-state index contributed by atoms with van der Waals surface area (Å²) in [5.74, 6) is -11.5. The van der Waals surface area contributed by atoms with Crippen molar-refractivity contribution < 1.29 is 31.5 Å². The van der Waals surface area contributed by atoms with E-state index in [-0.39, 0.29) is 31.0 Å². The molecule has 2 fully saturated rings. The molecule has 0 spiro atoms. The smallest absolute Gasteiger partial charge is 0.319 e. The Bertz CT molecular complexity index is 669. The van der Waals surface area contributed by atoms with Crippen LogP contribution >= 0.6 is 0 Å². The van der Waals surface area contributed by atoms with Crippen molar-refractivity contribution in [2.75, 3.05) is 14.1 Å². The van der Waals surface area contributed by atoms with Crippen molar-refractivity contribution in [1.29, 1.82) is 0 Å². The highest BCUT2D eigenvalue weighted by atomic mass is 19.2. The lowest BCUT2D eigenvalue weighted by Crippen LogP contribution is -2.52. The summed E-state index contributed by atoms with van der Waals surface area (Å²) < 4.78 is 72.3. The van der Waals surface area contributed by atoms with Gasteiger partial charge in [-0.2, -0.15) is 8.78 Å². The average molecular weight is 364 g/mol. The summed E-state index contributed by atoms with van der Waals surface area (Å²) in [5, 5.41) is 0. The van der Waals surface area contributed by atoms with E-state index in [1.54, 1.807) is 19.0 Å². The Kier molecular flexibility index (Phi) is 4.51. The van der Waals surface area contributed by atoms with Gasteiger partial charge in [0.25, 0.3) is 0 Å². The predicted molar refractivity (Wildman–Crippen MR) is 77.6 cm³/mol. The van der Waals surface area contributed by atoms with Gasteiger partial charge >= 0.3 is 6.03 Å². The fourth-order valence-corrected chi connectivity index (χ4v) is 3.62. The molecule has 0 aromatic heterocycles. The SMILES string of the molecule is CN(C)C(=O)N1C2CCC1CC(Oc1c(F)c(F)c(F)c(F)c1F)C2. The van der Waals surface area contributed by atoms with Crippen LogP contribution in [0.3, 0.4) is 0 Å². The van der Waals surface area contributed by atoms with E-state index in [0.717, 1.165) is 0 Å². The molecule has 2 unspecified atom stereocenters. The number of hydrogen-bond donors (Lipinski definition) is 0. The summed E-state index contributed by atoms with van der Waals surface area (Å²) in [6, 6.07) is -0.526. The van der Waals surface area contributed by atoms with Gasteiger partial charge in [-0.15, -0.1) is 0 Å². The van der Waals surface area contributed by atoms with Crippen LogP contribution in [0.5, 0.6) is 5.75 Å². The van der Waals surface area contributed by atoms with Gasteiger partial charge in [-0.05, 0) is 12.8 Å². The second-order valence-electron chi connectivity index (χ2n) is 6.58. The number of nitrogens with zero attached hydrogens (tertiary/aromatic N) is 2. The van der Waals surface area contributed by atoms with Crippen molar-refractivity contribution in [1.82, 2.24) is 9.80 Å². The Balaban J connectivity index is 1.81. The second-order valence-corrected chi connectivity index (χ2v) is 6.58. The van der Waals surface area contributed by atoms with Gasteiger partial charge in [0.05, 0.1) is 0 Å². The molecule has 1 aromatic rings. The van der Waals surface area contributed by atoms with Gasteiger partial charge < -0.3 is 14.5 Å². The standard InChI is InChI=1S/C16H17F5N2O2/c1-22(2)16(24)23-7-3-4-8(23)6-9(5-7)25-15-13(20)11(18)10(17)12(19)14(15)21/h7-9H,3-6H2,1-2H3. The third kappa shape index (κ3) is 2.89. The van der Waals surface area contributed by atoms with E-state index in [2.05, 4.69) is 0 Å². The lowest BCUT2D eigenvalue weighted by molar-refractivity contribution is 0.0545. The van der Waals surface area contributed by atoms with Gasteiger partial charge in [-0.3, -0.25) is 0 Å². The first-order chi connectivity index (χ1) is 11.7. The normalized spacial score (nSPS) is 25.2. The molecule has 0 aliphatic carbocycles. The van der Waals surface area contributed by atoms with Crippen LogP contribution in [-0.4, -0.2) is 48.1 Å². The number of benzene rings is 1. The van der Waals surface area contributed by atoms with Gasteiger partial charge in [0.2, 0.25) is 29.1 Å². The maximum absolute atomic E-state index is 13.8. The molecule has 2 atom stereocenters. The Morgan fingerprint density at radius 2 is 1.36 bits per heavy atom. The number of halogens is 5. The molecule has 1 aromatic carbocycles. The number of amides is 2. The van der Waals surface area contributed by atoms with Crippen LogP contribution < -0.4 is 4.74 Å². The van der Waals surface area contributed by atoms with Crippen LogP contribution in [0.1, 0.15) is 25.7 Å². The lowest BCUT2D eigenvalue weighted by Gasteiger charge is -2.40. The van der Waals surface area contributed by atoms with E-state index in [1.165, 1.54) is 4.90 Å². The summed E-state index contributed by atoms with van der Waals surface area (Å²) in [6.45, 7) is 0. The molecular weight excluding hydrogens is 347 g/mol. The molecule has 138 valence electrons. The molecule has 3 rings (SSSR count). The monoisotopic (exact) mass is 364 g/mol. The molecule has 2 bridgehead atoms. The maximum Gasteiger partial charge on any atom is 0.319 e. The van der Waals surface area contributed by atoms with E-state index in [4.69, 9.17) is 4.74 Å². The average Bonchev–Trinajstić information content (AvgIpc) is 2.84. The fraction of sp³-hybridized carbons (Fsp3) is 0.562. The predicted octanol–water partition coefficient (Wildman–Crippen LogP) is 3.44. The zero-order valence-electron chi connectivity index (χ0n) is 13.7. The van der Waals surface area contributed by atoms with Crippen LogP contribution in [0.4, 0.5) is 26.7 Å². The van der Waals surface area contributed by atoms with Crippen LogP contribution in [-0.2, 0) is 0 Å². The topological polar surface area (TPSA) is 32.8 Å². The Morgan fingerprint density at radius 3 is 1.80 bits per heavy atom. The van der Waals surface area contributed by atoms with E-state index in [9.17, 15) is 26.7 Å². The number of urea groups is 1. The van der Waals surface area contributed by atoms with E-state index in [0.29, 0.717) is 12.8 Å². The van der Waals surface area contributed by atoms with Crippen molar-refractivity contribution in [3.63, 3.8) is 0 Å². The molecule has 0 saturated carbocycles. The Hall–Kier alpha value is -2.06. The molecule has 2 aliphatic rings. The molecule has 25 heavy (non-hydrogen) atoms. The minimum Gasteiger partial charge on any atom is -0.484 e. The maximum atomic E-state index is 13.8. The first kappa shape index (κ1) is 17.8. The summed E-state index contributed by atoms with van der Waals surface area (Å²) in [7, 11) is 3.25. The van der Waals surface area contributed by atoms with Crippen molar-refractivity contribution >= 4 is 6.03 Å². The molecule has 2 amide bonds. The van der Waals surface area contributed by atoms with Crippen LogP contribution in [0.2, 0.25) is 0 Å². The quantitative estimate of drug-likeness (QED) is 0.458. The van der Waals surface area contributed by atoms with Crippen LogP contribution in [0.15, 0.2) is 0 Å². The fourth-order valence-electron chi connectivity index (χ4n) is 3.62. The zero-order valence-corrected chi connectivity index (χ0v) is 13.7. The van der Waals surface area contributed by atoms with Crippen molar-refractivity contribution in [2.45, 2.75) is 43.9 Å². The van der Waals surface area contributed by atoms with Crippen molar-refractivity contribution in [3.05, 3.63) is 29.1 Å². The van der Waals surface area contributed by atoms with Gasteiger partial charge in [0.15, 0.2) is 5.75 Å². The molecule has 2 heterocycles. The minimum atomic E-state index is -2.21. The lowest BCUT2D eigenvalue weighted by atomic mass is 10.00. The van der Waals surface area contributed by atoms with Crippen molar-refractivity contribution in [2.24, 2.45) is 0 Å². The van der Waals surface area contributed by atoms with Crippen LogP contribution in [0.25, 0.3) is 0 Å². The number of ether oxygens (including phenoxy) is 1. The molecule has 4 nitrogen and oxygen atoms in total. The zero-order chi connectivity index (χ0) is 18.5. The summed E-state index contributed by atoms with van der Waals surface area (Å²) in [6.07, 6.45) is 1.24. The number of carbonyl (C=O) groups excluding carboxylic acids is 1. The van der Waals surface area contributed by atoms with Gasteiger partial charge in [-0.1, -0.05) is 0 Å². The van der Waals surface area contributed by atoms with Crippen molar-refractivity contribution in [3.8, 4) is 5.75 Å². The highest BCUT2D eigenvalue weighted by Crippen LogP contribution is 2.39. The third-order valence-electron chi connectivity index (χ3n) is 4.75. The molecule has 0 radical (unpaired) electrons. The summed E-state index contributed by atoms with van der Waals surface area (Å²) in [4.78, 5) is 15.4. The van der Waals surface area contributed by atoms with Gasteiger partial charge in [0, 0.05) is 39.0 Å². The number of piperidine rings is 1. The van der Waals surface area contributed by atoms with E-state index < -0.39 is 40.9 Å². The van der Waals surface area contributed by atoms with E-state index >= 15 is 0 Å². The first-order valence-electron chi connectivity index (χ1n) is 7.90. The van der Waals surface area contributed by atoms with Crippen LogP contribution in [0, 0.1) is 29.1 Å². The molecule has 9 heteroatoms.